The van der Waals surface area contributed by atoms with Gasteiger partial charge in [0.25, 0.3) is 0 Å². The van der Waals surface area contributed by atoms with E-state index in [1.165, 1.54) is 24.1 Å². The molecule has 2 saturated heterocycles. The molecule has 1 aliphatic carbocycles. The number of ether oxygens (including phenoxy) is 1. The van der Waals surface area contributed by atoms with E-state index in [-0.39, 0.29) is 6.04 Å². The number of likely N-dealkylation sites (tertiary alicyclic amines) is 1. The predicted molar refractivity (Wildman–Crippen MR) is 173 cm³/mol. The average molecular weight is 611 g/mol. The van der Waals surface area contributed by atoms with E-state index < -0.39 is 6.09 Å². The molecule has 2 aliphatic heterocycles. The number of anilines is 1. The first kappa shape index (κ1) is 29.5. The fourth-order valence-electron chi connectivity index (χ4n) is 7.41. The third-order valence-electron chi connectivity index (χ3n) is 9.96. The molecular formula is C34H42N8O3. The second-order valence-corrected chi connectivity index (χ2v) is 12.7. The van der Waals surface area contributed by atoms with Crippen molar-refractivity contribution in [1.82, 2.24) is 34.4 Å². The Morgan fingerprint density at radius 3 is 2.18 bits per heavy atom. The van der Waals surface area contributed by atoms with Gasteiger partial charge in [0.15, 0.2) is 5.65 Å². The minimum Gasteiger partial charge on any atom is -0.465 e. The van der Waals surface area contributed by atoms with Crippen LogP contribution in [0.4, 0.5) is 10.6 Å². The molecule has 11 heteroatoms. The van der Waals surface area contributed by atoms with Gasteiger partial charge in [0, 0.05) is 44.3 Å². The van der Waals surface area contributed by atoms with E-state index in [1.807, 2.05) is 54.6 Å². The van der Waals surface area contributed by atoms with Crippen LogP contribution < -0.4 is 10.5 Å². The molecule has 0 spiro atoms. The van der Waals surface area contributed by atoms with E-state index in [0.717, 1.165) is 92.2 Å². The Bertz CT molecular complexity index is 1590. The van der Waals surface area contributed by atoms with Crippen LogP contribution in [0.1, 0.15) is 44.6 Å². The fraction of sp³-hybridized carbons (Fsp3) is 0.471. The summed E-state index contributed by atoms with van der Waals surface area (Å²) in [6.45, 7) is 6.35. The van der Waals surface area contributed by atoms with Gasteiger partial charge in [-0.15, -0.1) is 0 Å². The summed E-state index contributed by atoms with van der Waals surface area (Å²) in [5.74, 6) is 2.71. The lowest BCUT2D eigenvalue weighted by Gasteiger charge is -2.42. The SMILES string of the molecule is Nc1ncnc2c1c(-c1ccc(Oc3ccccc3)cc1)nn2C1CCC(N2CCC(CN3CCN(C(=O)O)CC3)CC2)CC1. The van der Waals surface area contributed by atoms with Crippen LogP contribution in [0.3, 0.4) is 0 Å². The predicted octanol–water partition coefficient (Wildman–Crippen LogP) is 5.36. The number of benzene rings is 2. The highest BCUT2D eigenvalue weighted by molar-refractivity contribution is 5.98. The van der Waals surface area contributed by atoms with Gasteiger partial charge in [0.05, 0.1) is 11.4 Å². The molecule has 3 N–H and O–H groups in total. The number of nitrogen functional groups attached to an aromatic ring is 1. The number of nitrogens with two attached hydrogens (primary N) is 1. The van der Waals surface area contributed by atoms with Gasteiger partial charge >= 0.3 is 6.09 Å². The standard InChI is InChI=1S/C34H42N8O3/c35-32-30-31(25-6-12-29(13-7-25)45-28-4-2-1-3-5-28)38-42(33(30)37-23-36-32)27-10-8-26(9-11-27)40-16-14-24(15-17-40)22-39-18-20-41(21-19-39)34(43)44/h1-7,12-13,23-24,26-27H,8-11,14-22H2,(H,43,44)(H2,35,36,37). The Balaban J connectivity index is 0.969. The molecule has 0 radical (unpaired) electrons. The normalized spacial score (nSPS) is 22.1. The van der Waals surface area contributed by atoms with Crippen LogP contribution in [0.15, 0.2) is 60.9 Å². The van der Waals surface area contributed by atoms with Crippen molar-refractivity contribution in [2.24, 2.45) is 5.92 Å². The van der Waals surface area contributed by atoms with Crippen LogP contribution in [-0.4, -0.2) is 97.5 Å². The molecule has 236 valence electrons. The van der Waals surface area contributed by atoms with Crippen LogP contribution in [-0.2, 0) is 0 Å². The zero-order valence-corrected chi connectivity index (χ0v) is 25.7. The van der Waals surface area contributed by atoms with Crippen LogP contribution >= 0.6 is 0 Å². The number of hydrogen-bond acceptors (Lipinski definition) is 8. The third kappa shape index (κ3) is 6.46. The van der Waals surface area contributed by atoms with Crippen molar-refractivity contribution in [3.05, 3.63) is 60.9 Å². The van der Waals surface area contributed by atoms with E-state index in [1.54, 1.807) is 0 Å². The zero-order valence-electron chi connectivity index (χ0n) is 25.7. The second kappa shape index (κ2) is 13.0. The Morgan fingerprint density at radius 1 is 0.822 bits per heavy atom. The Morgan fingerprint density at radius 2 is 1.49 bits per heavy atom. The number of para-hydroxylation sites is 1. The molecule has 0 bridgehead atoms. The number of piperidine rings is 1. The number of carbonyl (C=O) groups is 1. The van der Waals surface area contributed by atoms with Gasteiger partial charge in [0.2, 0.25) is 0 Å². The highest BCUT2D eigenvalue weighted by Gasteiger charge is 2.32. The molecule has 4 heterocycles. The Labute approximate surface area is 263 Å². The molecule has 2 aromatic carbocycles. The first-order chi connectivity index (χ1) is 22.0. The summed E-state index contributed by atoms with van der Waals surface area (Å²) in [7, 11) is 0. The van der Waals surface area contributed by atoms with Crippen LogP contribution in [0.2, 0.25) is 0 Å². The van der Waals surface area contributed by atoms with E-state index in [2.05, 4.69) is 24.4 Å². The first-order valence-corrected chi connectivity index (χ1v) is 16.3. The highest BCUT2D eigenvalue weighted by atomic mass is 16.5. The van der Waals surface area contributed by atoms with Gasteiger partial charge in [-0.05, 0) is 93.9 Å². The number of piperazine rings is 1. The van der Waals surface area contributed by atoms with E-state index >= 15 is 0 Å². The molecule has 11 nitrogen and oxygen atoms in total. The molecule has 2 aromatic heterocycles. The topological polar surface area (TPSA) is 126 Å². The van der Waals surface area contributed by atoms with Crippen molar-refractivity contribution in [1.29, 1.82) is 0 Å². The minimum absolute atomic E-state index is 0.273. The summed E-state index contributed by atoms with van der Waals surface area (Å²) in [4.78, 5) is 26.9. The lowest BCUT2D eigenvalue weighted by Crippen LogP contribution is -2.50. The summed E-state index contributed by atoms with van der Waals surface area (Å²) in [6, 6.07) is 18.6. The molecule has 7 rings (SSSR count). The molecular weight excluding hydrogens is 568 g/mol. The largest absolute Gasteiger partial charge is 0.465 e. The smallest absolute Gasteiger partial charge is 0.407 e. The Hall–Kier alpha value is -4.22. The number of aromatic nitrogens is 4. The van der Waals surface area contributed by atoms with E-state index in [0.29, 0.717) is 30.9 Å². The van der Waals surface area contributed by atoms with Crippen molar-refractivity contribution < 1.29 is 14.6 Å². The molecule has 1 saturated carbocycles. The maximum Gasteiger partial charge on any atom is 0.407 e. The van der Waals surface area contributed by atoms with Crippen LogP contribution in [0.25, 0.3) is 22.3 Å². The quantitative estimate of drug-likeness (QED) is 0.284. The molecule has 4 aromatic rings. The summed E-state index contributed by atoms with van der Waals surface area (Å²) < 4.78 is 8.09. The van der Waals surface area contributed by atoms with Crippen LogP contribution in [0.5, 0.6) is 11.5 Å². The van der Waals surface area contributed by atoms with Gasteiger partial charge in [-0.3, -0.25) is 4.90 Å². The summed E-state index contributed by atoms with van der Waals surface area (Å²) >= 11 is 0. The fourth-order valence-corrected chi connectivity index (χ4v) is 7.41. The molecule has 3 fully saturated rings. The molecule has 1 amide bonds. The van der Waals surface area contributed by atoms with Crippen molar-refractivity contribution in [3.63, 3.8) is 0 Å². The maximum absolute atomic E-state index is 11.2. The lowest BCUT2D eigenvalue weighted by atomic mass is 9.87. The van der Waals surface area contributed by atoms with Crippen LogP contribution in [0, 0.1) is 5.92 Å². The zero-order chi connectivity index (χ0) is 30.8. The first-order valence-electron chi connectivity index (χ1n) is 16.3. The number of amides is 1. The minimum atomic E-state index is -0.795. The van der Waals surface area contributed by atoms with Crippen molar-refractivity contribution >= 4 is 22.9 Å². The van der Waals surface area contributed by atoms with Gasteiger partial charge in [-0.25, -0.2) is 19.4 Å². The molecule has 45 heavy (non-hydrogen) atoms. The van der Waals surface area contributed by atoms with Gasteiger partial charge < -0.3 is 25.4 Å². The molecule has 0 unspecified atom stereocenters. The molecule has 3 aliphatic rings. The lowest BCUT2D eigenvalue weighted by molar-refractivity contribution is 0.0663. The van der Waals surface area contributed by atoms with E-state index in [4.69, 9.17) is 15.6 Å². The van der Waals surface area contributed by atoms with Crippen molar-refractivity contribution in [2.45, 2.75) is 50.6 Å². The van der Waals surface area contributed by atoms with Gasteiger partial charge in [0.1, 0.15) is 29.3 Å². The summed E-state index contributed by atoms with van der Waals surface area (Å²) in [5.41, 5.74) is 8.98. The summed E-state index contributed by atoms with van der Waals surface area (Å²) in [6.07, 6.45) is 7.60. The summed E-state index contributed by atoms with van der Waals surface area (Å²) in [5, 5.41) is 15.1. The third-order valence-corrected chi connectivity index (χ3v) is 9.96. The molecule has 0 atom stereocenters. The maximum atomic E-state index is 11.2. The number of fused-ring (bicyclic) bond motifs is 1. The van der Waals surface area contributed by atoms with Crippen molar-refractivity contribution in [3.8, 4) is 22.8 Å². The van der Waals surface area contributed by atoms with E-state index in [9.17, 15) is 9.90 Å². The Kier molecular flexibility index (Phi) is 8.53. The van der Waals surface area contributed by atoms with Gasteiger partial charge in [-0.2, -0.15) is 5.10 Å². The average Bonchev–Trinajstić information content (AvgIpc) is 3.47. The number of carboxylic acid groups (broad SMARTS) is 1. The number of hydrogen-bond donors (Lipinski definition) is 2. The van der Waals surface area contributed by atoms with Crippen molar-refractivity contribution in [2.75, 3.05) is 51.5 Å². The second-order valence-electron chi connectivity index (χ2n) is 12.7. The highest BCUT2D eigenvalue weighted by Crippen LogP contribution is 2.38. The number of nitrogens with zero attached hydrogens (tertiary/aromatic N) is 7. The monoisotopic (exact) mass is 610 g/mol. The number of rotatable bonds is 7. The van der Waals surface area contributed by atoms with Gasteiger partial charge in [-0.1, -0.05) is 18.2 Å².